The van der Waals surface area contributed by atoms with Crippen molar-refractivity contribution >= 4 is 17.3 Å². The minimum Gasteiger partial charge on any atom is -0.486 e. The van der Waals surface area contributed by atoms with Crippen LogP contribution in [0.1, 0.15) is 12.8 Å². The Balaban J connectivity index is 1.42. The summed E-state index contributed by atoms with van der Waals surface area (Å²) in [5.41, 5.74) is 1.11. The summed E-state index contributed by atoms with van der Waals surface area (Å²) in [5, 5.41) is 6.88. The second-order valence-electron chi connectivity index (χ2n) is 6.31. The molecule has 0 spiro atoms. The number of hydrogen-bond donors (Lipinski definition) is 1. The topological polar surface area (TPSA) is 85.7 Å². The van der Waals surface area contributed by atoms with Crippen molar-refractivity contribution < 1.29 is 14.3 Å². The van der Waals surface area contributed by atoms with Crippen LogP contribution in [0.5, 0.6) is 11.5 Å². The van der Waals surface area contributed by atoms with Gasteiger partial charge in [-0.3, -0.25) is 9.59 Å². The highest BCUT2D eigenvalue weighted by Crippen LogP contribution is 2.32. The van der Waals surface area contributed by atoms with E-state index in [-0.39, 0.29) is 18.0 Å². The zero-order valence-electron chi connectivity index (χ0n) is 14.3. The van der Waals surface area contributed by atoms with E-state index in [4.69, 9.17) is 9.47 Å². The lowest BCUT2D eigenvalue weighted by Crippen LogP contribution is -2.30. The smallest absolute Gasteiger partial charge is 0.269 e. The van der Waals surface area contributed by atoms with Gasteiger partial charge in [-0.25, -0.2) is 4.68 Å². The van der Waals surface area contributed by atoms with Gasteiger partial charge in [-0.15, -0.1) is 0 Å². The van der Waals surface area contributed by atoms with Crippen molar-refractivity contribution in [1.82, 2.24) is 9.78 Å². The predicted octanol–water partition coefficient (Wildman–Crippen LogP) is 1.25. The minimum atomic E-state index is -0.329. The van der Waals surface area contributed by atoms with Crippen molar-refractivity contribution in [2.45, 2.75) is 19.4 Å². The third-order valence-electron chi connectivity index (χ3n) is 4.45. The molecular formula is C18H20N4O4. The number of carbonyl (C=O) groups is 1. The molecule has 1 aromatic heterocycles. The average Bonchev–Trinajstić information content (AvgIpc) is 3.18. The Morgan fingerprint density at radius 3 is 2.65 bits per heavy atom. The van der Waals surface area contributed by atoms with Crippen molar-refractivity contribution in [1.29, 1.82) is 0 Å². The second kappa shape index (κ2) is 7.07. The van der Waals surface area contributed by atoms with Crippen LogP contribution in [-0.2, 0) is 11.3 Å². The lowest BCUT2D eigenvalue weighted by Gasteiger charge is -2.19. The summed E-state index contributed by atoms with van der Waals surface area (Å²) in [7, 11) is 0. The first-order valence-corrected chi connectivity index (χ1v) is 8.71. The molecular weight excluding hydrogens is 336 g/mol. The van der Waals surface area contributed by atoms with E-state index in [0.717, 1.165) is 36.3 Å². The van der Waals surface area contributed by atoms with Gasteiger partial charge < -0.3 is 19.7 Å². The van der Waals surface area contributed by atoms with Gasteiger partial charge in [-0.05, 0) is 25.0 Å². The molecule has 1 aromatic carbocycles. The van der Waals surface area contributed by atoms with E-state index in [2.05, 4.69) is 15.3 Å². The molecule has 0 saturated carbocycles. The molecule has 0 atom stereocenters. The number of amides is 1. The van der Waals surface area contributed by atoms with Crippen LogP contribution in [-0.4, -0.2) is 42.0 Å². The number of rotatable bonds is 4. The highest BCUT2D eigenvalue weighted by atomic mass is 16.6. The Labute approximate surface area is 150 Å². The number of fused-ring (bicyclic) bond motifs is 1. The molecule has 1 saturated heterocycles. The third kappa shape index (κ3) is 3.49. The Hall–Kier alpha value is -3.03. The lowest BCUT2D eigenvalue weighted by molar-refractivity contribution is -0.117. The van der Waals surface area contributed by atoms with Crippen LogP contribution in [0.15, 0.2) is 35.3 Å². The average molecular weight is 356 g/mol. The summed E-state index contributed by atoms with van der Waals surface area (Å²) >= 11 is 0. The molecule has 0 unspecified atom stereocenters. The zero-order valence-corrected chi connectivity index (χ0v) is 14.3. The molecule has 0 aliphatic carbocycles. The first-order chi connectivity index (χ1) is 12.7. The largest absolute Gasteiger partial charge is 0.486 e. The number of benzene rings is 1. The number of nitrogens with one attached hydrogen (secondary N) is 1. The van der Waals surface area contributed by atoms with E-state index in [9.17, 15) is 9.59 Å². The van der Waals surface area contributed by atoms with Gasteiger partial charge in [0.25, 0.3) is 5.56 Å². The van der Waals surface area contributed by atoms with Gasteiger partial charge in [0.15, 0.2) is 11.5 Å². The first kappa shape index (κ1) is 16.4. The molecule has 26 heavy (non-hydrogen) atoms. The molecule has 2 aromatic rings. The molecule has 1 amide bonds. The third-order valence-corrected chi connectivity index (χ3v) is 4.45. The van der Waals surface area contributed by atoms with Gasteiger partial charge >= 0.3 is 0 Å². The highest BCUT2D eigenvalue weighted by Gasteiger charge is 2.15. The van der Waals surface area contributed by atoms with Gasteiger partial charge in [-0.2, -0.15) is 5.10 Å². The maximum atomic E-state index is 12.2. The molecule has 136 valence electrons. The Morgan fingerprint density at radius 2 is 1.88 bits per heavy atom. The van der Waals surface area contributed by atoms with Crippen LogP contribution in [0.3, 0.4) is 0 Å². The van der Waals surface area contributed by atoms with Crippen molar-refractivity contribution in [2.24, 2.45) is 0 Å². The van der Waals surface area contributed by atoms with Crippen LogP contribution >= 0.6 is 0 Å². The van der Waals surface area contributed by atoms with Crippen LogP contribution in [0.4, 0.5) is 11.4 Å². The normalized spacial score (nSPS) is 15.8. The van der Waals surface area contributed by atoms with Crippen LogP contribution in [0.2, 0.25) is 0 Å². The summed E-state index contributed by atoms with van der Waals surface area (Å²) in [6.07, 6.45) is 3.89. The summed E-state index contributed by atoms with van der Waals surface area (Å²) in [6.45, 7) is 2.73. The Kier molecular flexibility index (Phi) is 4.47. The fourth-order valence-corrected chi connectivity index (χ4v) is 3.15. The van der Waals surface area contributed by atoms with Crippen LogP contribution in [0.25, 0.3) is 0 Å². The number of hydrogen-bond acceptors (Lipinski definition) is 6. The molecule has 2 aliphatic rings. The van der Waals surface area contributed by atoms with E-state index in [0.29, 0.717) is 30.4 Å². The lowest BCUT2D eigenvalue weighted by atomic mass is 10.2. The molecule has 8 nitrogen and oxygen atoms in total. The Bertz CT molecular complexity index is 874. The molecule has 0 radical (unpaired) electrons. The molecule has 2 aliphatic heterocycles. The molecule has 8 heteroatoms. The van der Waals surface area contributed by atoms with Crippen LogP contribution in [0, 0.1) is 0 Å². The van der Waals surface area contributed by atoms with Crippen molar-refractivity contribution in [3.8, 4) is 11.5 Å². The summed E-state index contributed by atoms with van der Waals surface area (Å²) < 4.78 is 12.1. The van der Waals surface area contributed by atoms with E-state index >= 15 is 0 Å². The van der Waals surface area contributed by atoms with Gasteiger partial charge in [0.05, 0.1) is 11.9 Å². The molecule has 4 rings (SSSR count). The maximum Gasteiger partial charge on any atom is 0.269 e. The predicted molar refractivity (Wildman–Crippen MR) is 96.0 cm³/mol. The quantitative estimate of drug-likeness (QED) is 0.888. The minimum absolute atomic E-state index is 0.145. The monoisotopic (exact) mass is 356 g/mol. The van der Waals surface area contributed by atoms with Gasteiger partial charge in [-0.1, -0.05) is 0 Å². The summed E-state index contributed by atoms with van der Waals surface area (Å²) in [4.78, 5) is 26.6. The molecule has 3 heterocycles. The van der Waals surface area contributed by atoms with E-state index in [1.807, 2.05) is 0 Å². The number of nitrogens with zero attached hydrogens (tertiary/aromatic N) is 3. The van der Waals surface area contributed by atoms with E-state index in [1.54, 1.807) is 24.4 Å². The number of anilines is 2. The SMILES string of the molecule is O=C(Cn1ncc(N2CCCC2)cc1=O)Nc1ccc2c(c1)OCCO2. The van der Waals surface area contributed by atoms with Gasteiger partial charge in [0.2, 0.25) is 5.91 Å². The summed E-state index contributed by atoms with van der Waals surface area (Å²) in [6, 6.07) is 6.73. The fraction of sp³-hybridized carbons (Fsp3) is 0.389. The number of ether oxygens (including phenoxy) is 2. The molecule has 1 fully saturated rings. The Morgan fingerprint density at radius 1 is 1.12 bits per heavy atom. The van der Waals surface area contributed by atoms with Crippen molar-refractivity contribution in [3.63, 3.8) is 0 Å². The number of carbonyl (C=O) groups excluding carboxylic acids is 1. The van der Waals surface area contributed by atoms with E-state index in [1.165, 1.54) is 6.07 Å². The molecule has 0 bridgehead atoms. The fourth-order valence-electron chi connectivity index (χ4n) is 3.15. The van der Waals surface area contributed by atoms with Gasteiger partial charge in [0, 0.05) is 30.9 Å². The standard InChI is InChI=1S/C18H20N4O4/c23-17(20-13-3-4-15-16(9-13)26-8-7-25-15)12-22-18(24)10-14(11-19-22)21-5-1-2-6-21/h3-4,9-11H,1-2,5-8,12H2,(H,20,23). The summed E-state index contributed by atoms with van der Waals surface area (Å²) in [5.74, 6) is 0.925. The first-order valence-electron chi connectivity index (χ1n) is 8.71. The van der Waals surface area contributed by atoms with E-state index < -0.39 is 0 Å². The second-order valence-corrected chi connectivity index (χ2v) is 6.31. The van der Waals surface area contributed by atoms with Crippen molar-refractivity contribution in [2.75, 3.05) is 36.5 Å². The zero-order chi connectivity index (χ0) is 17.9. The van der Waals surface area contributed by atoms with Crippen LogP contribution < -0.4 is 25.2 Å². The molecule has 1 N–H and O–H groups in total. The van der Waals surface area contributed by atoms with Crippen molar-refractivity contribution in [3.05, 3.63) is 40.8 Å². The van der Waals surface area contributed by atoms with Gasteiger partial charge in [0.1, 0.15) is 19.8 Å². The maximum absolute atomic E-state index is 12.2. The highest BCUT2D eigenvalue weighted by molar-refractivity contribution is 5.90. The number of aromatic nitrogens is 2.